The molecule has 0 aliphatic heterocycles. The van der Waals surface area contributed by atoms with Gasteiger partial charge in [0.05, 0.1) is 6.04 Å². The zero-order valence-electron chi connectivity index (χ0n) is 15.9. The van der Waals surface area contributed by atoms with Gasteiger partial charge in [-0.05, 0) is 31.0 Å². The monoisotopic (exact) mass is 524 g/mol. The van der Waals surface area contributed by atoms with Gasteiger partial charge >= 0.3 is 0 Å². The number of rotatable bonds is 8. The Kier molecular flexibility index (Phi) is 11.0. The smallest absolute Gasteiger partial charge is 0.191 e. The quantitative estimate of drug-likeness (QED) is 0.303. The maximum atomic E-state index is 6.32. The lowest BCUT2D eigenvalue weighted by Gasteiger charge is -2.20. The second kappa shape index (κ2) is 12.4. The SMILES string of the molecule is CCCN=C(NCCn1cnnc1CC)NC(C)c1ccc(Cl)cc1Cl.I. The predicted molar refractivity (Wildman–Crippen MR) is 123 cm³/mol. The van der Waals surface area contributed by atoms with Crippen LogP contribution in [0.1, 0.15) is 44.6 Å². The molecule has 9 heteroatoms. The van der Waals surface area contributed by atoms with Crippen LogP contribution in [-0.2, 0) is 13.0 Å². The molecule has 1 heterocycles. The van der Waals surface area contributed by atoms with E-state index in [-0.39, 0.29) is 30.0 Å². The molecule has 0 amide bonds. The number of nitrogens with zero attached hydrogens (tertiary/aromatic N) is 4. The summed E-state index contributed by atoms with van der Waals surface area (Å²) >= 11 is 12.3. The second-order valence-electron chi connectivity index (χ2n) is 5.98. The zero-order chi connectivity index (χ0) is 18.9. The lowest BCUT2D eigenvalue weighted by molar-refractivity contribution is 0.619. The normalized spacial score (nSPS) is 12.4. The van der Waals surface area contributed by atoms with Crippen molar-refractivity contribution in [1.29, 1.82) is 0 Å². The summed E-state index contributed by atoms with van der Waals surface area (Å²) in [5.41, 5.74) is 0.981. The highest BCUT2D eigenvalue weighted by molar-refractivity contribution is 14.0. The van der Waals surface area contributed by atoms with Crippen molar-refractivity contribution in [3.63, 3.8) is 0 Å². The number of aromatic nitrogens is 3. The van der Waals surface area contributed by atoms with Gasteiger partial charge in [-0.3, -0.25) is 4.99 Å². The molecule has 0 spiro atoms. The molecule has 2 rings (SSSR count). The molecule has 0 saturated heterocycles. The van der Waals surface area contributed by atoms with Crippen molar-refractivity contribution >= 4 is 53.1 Å². The molecule has 150 valence electrons. The summed E-state index contributed by atoms with van der Waals surface area (Å²) in [5, 5.41) is 16.1. The molecule has 0 radical (unpaired) electrons. The van der Waals surface area contributed by atoms with Gasteiger partial charge < -0.3 is 15.2 Å². The van der Waals surface area contributed by atoms with Crippen LogP contribution in [0.2, 0.25) is 10.0 Å². The van der Waals surface area contributed by atoms with Gasteiger partial charge in [-0.15, -0.1) is 34.2 Å². The first-order valence-electron chi connectivity index (χ1n) is 8.91. The van der Waals surface area contributed by atoms with Crippen LogP contribution in [0.4, 0.5) is 0 Å². The molecule has 1 aromatic heterocycles. The molecule has 1 atom stereocenters. The number of nitrogens with one attached hydrogen (secondary N) is 2. The Morgan fingerprint density at radius 2 is 2.07 bits per heavy atom. The highest BCUT2D eigenvalue weighted by Gasteiger charge is 2.12. The van der Waals surface area contributed by atoms with E-state index >= 15 is 0 Å². The molecule has 2 N–H and O–H groups in total. The number of halogens is 3. The van der Waals surface area contributed by atoms with E-state index in [0.717, 1.165) is 49.8 Å². The minimum Gasteiger partial charge on any atom is -0.355 e. The van der Waals surface area contributed by atoms with E-state index in [4.69, 9.17) is 23.2 Å². The summed E-state index contributed by atoms with van der Waals surface area (Å²) in [5.74, 6) is 1.74. The fourth-order valence-electron chi connectivity index (χ4n) is 2.55. The van der Waals surface area contributed by atoms with Crippen molar-refractivity contribution in [1.82, 2.24) is 25.4 Å². The van der Waals surface area contributed by atoms with Gasteiger partial charge in [0, 0.05) is 36.1 Å². The third-order valence-corrected chi connectivity index (χ3v) is 4.50. The van der Waals surface area contributed by atoms with Crippen LogP contribution in [0.3, 0.4) is 0 Å². The summed E-state index contributed by atoms with van der Waals surface area (Å²) in [6.45, 7) is 8.48. The Hall–Kier alpha value is -1.06. The Morgan fingerprint density at radius 3 is 2.74 bits per heavy atom. The van der Waals surface area contributed by atoms with E-state index in [1.807, 2.05) is 23.6 Å². The van der Waals surface area contributed by atoms with E-state index in [9.17, 15) is 0 Å². The molecule has 6 nitrogen and oxygen atoms in total. The molecule has 0 aliphatic rings. The molecular weight excluding hydrogens is 498 g/mol. The van der Waals surface area contributed by atoms with Crippen LogP contribution in [0, 0.1) is 0 Å². The Labute approximate surface area is 188 Å². The summed E-state index contributed by atoms with van der Waals surface area (Å²) < 4.78 is 2.05. The fraction of sp³-hybridized carbons (Fsp3) is 0.500. The summed E-state index contributed by atoms with van der Waals surface area (Å²) in [7, 11) is 0. The minimum atomic E-state index is 0. The van der Waals surface area contributed by atoms with Gasteiger partial charge in [-0.1, -0.05) is 43.1 Å². The molecule has 0 saturated carbocycles. The largest absolute Gasteiger partial charge is 0.355 e. The molecule has 1 unspecified atom stereocenters. The second-order valence-corrected chi connectivity index (χ2v) is 6.83. The van der Waals surface area contributed by atoms with Gasteiger partial charge in [-0.2, -0.15) is 0 Å². The van der Waals surface area contributed by atoms with Crippen molar-refractivity contribution in [2.45, 2.75) is 46.2 Å². The van der Waals surface area contributed by atoms with Crippen molar-refractivity contribution in [2.24, 2.45) is 4.99 Å². The molecule has 2 aromatic rings. The average Bonchev–Trinajstić information content (AvgIpc) is 3.06. The van der Waals surface area contributed by atoms with Crippen LogP contribution in [0.5, 0.6) is 0 Å². The average molecular weight is 525 g/mol. The lowest BCUT2D eigenvalue weighted by Crippen LogP contribution is -2.40. The lowest BCUT2D eigenvalue weighted by atomic mass is 10.1. The van der Waals surface area contributed by atoms with Gasteiger partial charge in [0.2, 0.25) is 0 Å². The van der Waals surface area contributed by atoms with Crippen molar-refractivity contribution in [3.05, 3.63) is 46.0 Å². The van der Waals surface area contributed by atoms with E-state index in [1.165, 1.54) is 0 Å². The molecule has 0 fully saturated rings. The Balaban J connectivity index is 0.00000364. The maximum Gasteiger partial charge on any atom is 0.191 e. The van der Waals surface area contributed by atoms with Crippen molar-refractivity contribution in [2.75, 3.05) is 13.1 Å². The van der Waals surface area contributed by atoms with Crippen molar-refractivity contribution in [3.8, 4) is 0 Å². The Morgan fingerprint density at radius 1 is 1.30 bits per heavy atom. The molecule has 1 aromatic carbocycles. The van der Waals surface area contributed by atoms with Gasteiger partial charge in [0.1, 0.15) is 12.2 Å². The number of guanidine groups is 1. The highest BCUT2D eigenvalue weighted by atomic mass is 127. The first-order valence-corrected chi connectivity index (χ1v) is 9.67. The standard InChI is InChI=1S/C18H26Cl2N6.HI/c1-4-8-21-18(22-9-10-26-12-23-25-17(26)5-2)24-13(3)15-7-6-14(19)11-16(15)20;/h6-7,11-13H,4-5,8-10H2,1-3H3,(H2,21,22,24);1H. The van der Waals surface area contributed by atoms with Crippen LogP contribution in [0.25, 0.3) is 0 Å². The van der Waals surface area contributed by atoms with Gasteiger partial charge in [0.25, 0.3) is 0 Å². The van der Waals surface area contributed by atoms with E-state index in [2.05, 4.69) is 39.7 Å². The van der Waals surface area contributed by atoms with Crippen LogP contribution in [0.15, 0.2) is 29.5 Å². The van der Waals surface area contributed by atoms with E-state index in [0.29, 0.717) is 10.0 Å². The first-order chi connectivity index (χ1) is 12.5. The zero-order valence-corrected chi connectivity index (χ0v) is 19.7. The molecule has 27 heavy (non-hydrogen) atoms. The fourth-order valence-corrected chi connectivity index (χ4v) is 3.12. The third kappa shape index (κ3) is 7.46. The van der Waals surface area contributed by atoms with Crippen LogP contribution in [-0.4, -0.2) is 33.8 Å². The highest BCUT2D eigenvalue weighted by Crippen LogP contribution is 2.25. The Bertz CT molecular complexity index is 734. The topological polar surface area (TPSA) is 67.1 Å². The van der Waals surface area contributed by atoms with Crippen LogP contribution >= 0.6 is 47.2 Å². The van der Waals surface area contributed by atoms with Crippen LogP contribution < -0.4 is 10.6 Å². The number of benzene rings is 1. The molecular formula is C18H27Cl2IN6. The predicted octanol–water partition coefficient (Wildman–Crippen LogP) is 4.47. The van der Waals surface area contributed by atoms with Gasteiger partial charge in [-0.25, -0.2) is 0 Å². The summed E-state index contributed by atoms with van der Waals surface area (Å²) in [6, 6.07) is 5.54. The first kappa shape index (κ1) is 24.0. The van der Waals surface area contributed by atoms with E-state index < -0.39 is 0 Å². The van der Waals surface area contributed by atoms with Gasteiger partial charge in [0.15, 0.2) is 5.96 Å². The number of hydrogen-bond acceptors (Lipinski definition) is 3. The molecule has 0 bridgehead atoms. The summed E-state index contributed by atoms with van der Waals surface area (Å²) in [6.07, 6.45) is 3.60. The number of hydrogen-bond donors (Lipinski definition) is 2. The maximum absolute atomic E-state index is 6.32. The van der Waals surface area contributed by atoms with E-state index in [1.54, 1.807) is 12.4 Å². The molecule has 0 aliphatic carbocycles. The number of aryl methyl sites for hydroxylation is 1. The number of aliphatic imine (C=N–C) groups is 1. The summed E-state index contributed by atoms with van der Waals surface area (Å²) in [4.78, 5) is 4.60. The third-order valence-electron chi connectivity index (χ3n) is 3.93. The van der Waals surface area contributed by atoms with Crippen molar-refractivity contribution < 1.29 is 0 Å². The minimum absolute atomic E-state index is 0.